The molecule has 1 saturated carbocycles. The van der Waals surface area contributed by atoms with Gasteiger partial charge in [0.05, 0.1) is 19.3 Å². The van der Waals surface area contributed by atoms with Crippen LogP contribution in [0.15, 0.2) is 18.2 Å². The van der Waals surface area contributed by atoms with E-state index in [0.29, 0.717) is 11.3 Å². The Labute approximate surface area is 148 Å². The van der Waals surface area contributed by atoms with Crippen molar-refractivity contribution in [3.05, 3.63) is 29.3 Å². The maximum atomic E-state index is 10.4. The van der Waals surface area contributed by atoms with Crippen molar-refractivity contribution in [1.29, 1.82) is 0 Å². The van der Waals surface area contributed by atoms with Gasteiger partial charge in [0.1, 0.15) is 30.2 Å². The lowest BCUT2D eigenvalue weighted by atomic mass is 9.81. The minimum atomic E-state index is -1.28. The second kappa shape index (κ2) is 7.60. The van der Waals surface area contributed by atoms with Crippen molar-refractivity contribution in [2.24, 2.45) is 0 Å². The maximum Gasteiger partial charge on any atom is 0.124 e. The maximum absolute atomic E-state index is 10.4. The average Bonchev–Trinajstić information content (AvgIpc) is 2.62. The highest BCUT2D eigenvalue weighted by atomic mass is 16.5. The largest absolute Gasteiger partial charge is 0.496 e. The molecule has 1 heterocycles. The molecule has 140 valence electrons. The van der Waals surface area contributed by atoms with Gasteiger partial charge in [0, 0.05) is 5.56 Å². The van der Waals surface area contributed by atoms with E-state index in [9.17, 15) is 20.4 Å². The van der Waals surface area contributed by atoms with Crippen LogP contribution in [0.3, 0.4) is 0 Å². The molecule has 0 spiro atoms. The molecule has 7 atom stereocenters. The van der Waals surface area contributed by atoms with Crippen LogP contribution < -0.4 is 4.74 Å². The van der Waals surface area contributed by atoms with Crippen molar-refractivity contribution in [3.8, 4) is 5.75 Å². The third-order valence-electron chi connectivity index (χ3n) is 5.53. The minimum absolute atomic E-state index is 0.252. The summed E-state index contributed by atoms with van der Waals surface area (Å²) < 4.78 is 11.2. The van der Waals surface area contributed by atoms with Crippen LogP contribution in [0, 0.1) is 0 Å². The first-order valence-electron chi connectivity index (χ1n) is 8.98. The predicted octanol–water partition coefficient (Wildman–Crippen LogP) is 1.26. The fraction of sp³-hybridized carbons (Fsp3) is 0.684. The minimum Gasteiger partial charge on any atom is -0.496 e. The molecule has 2 aliphatic rings. The average molecular weight is 352 g/mol. The molecule has 0 bridgehead atoms. The highest BCUT2D eigenvalue weighted by Crippen LogP contribution is 2.40. The van der Waals surface area contributed by atoms with Gasteiger partial charge in [-0.1, -0.05) is 12.5 Å². The Hall–Kier alpha value is -1.18. The molecule has 1 aromatic carbocycles. The van der Waals surface area contributed by atoms with Crippen LogP contribution in [0.1, 0.15) is 55.8 Å². The first-order valence-corrected chi connectivity index (χ1v) is 8.98. The van der Waals surface area contributed by atoms with Gasteiger partial charge >= 0.3 is 0 Å². The molecule has 0 amide bonds. The lowest BCUT2D eigenvalue weighted by Crippen LogP contribution is -2.53. The van der Waals surface area contributed by atoms with Crippen LogP contribution in [0.5, 0.6) is 5.75 Å². The molecule has 2 fully saturated rings. The molecule has 0 aromatic heterocycles. The third kappa shape index (κ3) is 3.68. The van der Waals surface area contributed by atoms with E-state index in [1.807, 2.05) is 18.2 Å². The number of rotatable bonds is 3. The summed E-state index contributed by atoms with van der Waals surface area (Å²) in [6, 6.07) is 5.76. The molecule has 6 heteroatoms. The van der Waals surface area contributed by atoms with Gasteiger partial charge in [-0.15, -0.1) is 0 Å². The van der Waals surface area contributed by atoms with E-state index in [1.165, 1.54) is 0 Å². The van der Waals surface area contributed by atoms with E-state index in [1.54, 1.807) is 14.0 Å². The van der Waals surface area contributed by atoms with E-state index < -0.39 is 30.5 Å². The topological polar surface area (TPSA) is 99.4 Å². The van der Waals surface area contributed by atoms with Gasteiger partial charge in [0.2, 0.25) is 0 Å². The summed E-state index contributed by atoms with van der Waals surface area (Å²) in [5.74, 6) is 0.821. The summed E-state index contributed by atoms with van der Waals surface area (Å²) in [6.07, 6.45) is -1.77. The van der Waals surface area contributed by atoms with Crippen LogP contribution in [0.25, 0.3) is 0 Å². The third-order valence-corrected chi connectivity index (χ3v) is 5.53. The Balaban J connectivity index is 1.92. The van der Waals surface area contributed by atoms with E-state index in [-0.39, 0.29) is 12.0 Å². The van der Waals surface area contributed by atoms with E-state index in [2.05, 4.69) is 0 Å². The molecule has 4 N–H and O–H groups in total. The zero-order valence-corrected chi connectivity index (χ0v) is 14.7. The first-order chi connectivity index (χ1) is 11.9. The number of hydrogen-bond donors (Lipinski definition) is 4. The fourth-order valence-corrected chi connectivity index (χ4v) is 4.00. The molecule has 6 nitrogen and oxygen atoms in total. The second-order valence-corrected chi connectivity index (χ2v) is 7.25. The summed E-state index contributed by atoms with van der Waals surface area (Å²) in [6.45, 7) is 1.67. The van der Waals surface area contributed by atoms with Crippen molar-refractivity contribution in [2.45, 2.75) is 75.1 Å². The molecular weight excluding hydrogens is 324 g/mol. The zero-order chi connectivity index (χ0) is 18.1. The van der Waals surface area contributed by atoms with Crippen LogP contribution in [-0.4, -0.2) is 58.1 Å². The fourth-order valence-electron chi connectivity index (χ4n) is 4.00. The van der Waals surface area contributed by atoms with Gasteiger partial charge in [-0.25, -0.2) is 0 Å². The van der Waals surface area contributed by atoms with Gasteiger partial charge in [-0.05, 0) is 49.8 Å². The molecule has 25 heavy (non-hydrogen) atoms. The Morgan fingerprint density at radius 2 is 1.80 bits per heavy atom. The molecule has 1 saturated heterocycles. The summed E-state index contributed by atoms with van der Waals surface area (Å²) in [4.78, 5) is 0. The summed E-state index contributed by atoms with van der Waals surface area (Å²) in [7, 11) is 1.55. The van der Waals surface area contributed by atoms with Gasteiger partial charge in [0.15, 0.2) is 0 Å². The normalized spacial score (nSPS) is 39.2. The zero-order valence-electron chi connectivity index (χ0n) is 14.7. The number of benzene rings is 1. The van der Waals surface area contributed by atoms with Crippen molar-refractivity contribution >= 4 is 0 Å². The molecule has 3 rings (SSSR count). The first kappa shape index (κ1) is 18.6. The van der Waals surface area contributed by atoms with Crippen molar-refractivity contribution in [1.82, 2.24) is 0 Å². The summed E-state index contributed by atoms with van der Waals surface area (Å²) in [5.41, 5.74) is 1.73. The Morgan fingerprint density at radius 3 is 2.48 bits per heavy atom. The van der Waals surface area contributed by atoms with Crippen LogP contribution >= 0.6 is 0 Å². The highest BCUT2D eigenvalue weighted by Gasteiger charge is 2.43. The molecule has 1 aromatic rings. The highest BCUT2D eigenvalue weighted by molar-refractivity contribution is 5.41. The number of methoxy groups -OCH3 is 1. The summed E-state index contributed by atoms with van der Waals surface area (Å²) >= 11 is 0. The van der Waals surface area contributed by atoms with Crippen LogP contribution in [-0.2, 0) is 4.74 Å². The lowest BCUT2D eigenvalue weighted by molar-refractivity contribution is -0.219. The summed E-state index contributed by atoms with van der Waals surface area (Å²) in [5, 5.41) is 40.4. The molecule has 1 aliphatic carbocycles. The SMILES string of the molecule is COc1ccc(C2CCCC(O)C2)cc1[C@H]1O[C@@H](C)[C@@H](O)[C@@H](O)[C@@H]1O. The van der Waals surface area contributed by atoms with E-state index in [4.69, 9.17) is 9.47 Å². The second-order valence-electron chi connectivity index (χ2n) is 7.25. The molecule has 1 aliphatic heterocycles. The van der Waals surface area contributed by atoms with E-state index >= 15 is 0 Å². The van der Waals surface area contributed by atoms with E-state index in [0.717, 1.165) is 31.2 Å². The number of hydrogen-bond acceptors (Lipinski definition) is 6. The Morgan fingerprint density at radius 1 is 1.04 bits per heavy atom. The van der Waals surface area contributed by atoms with Crippen molar-refractivity contribution < 1.29 is 29.9 Å². The Bertz CT molecular complexity index is 591. The quantitative estimate of drug-likeness (QED) is 0.654. The standard InChI is InChI=1S/C19H28O6/c1-10-16(21)17(22)18(23)19(25-10)14-9-12(6-7-15(14)24-2)11-4-3-5-13(20)8-11/h6-7,9-11,13,16-23H,3-5,8H2,1-2H3/t10-,11?,13?,16+,17+,18-,19+/m0/s1. The monoisotopic (exact) mass is 352 g/mol. The molecule has 2 unspecified atom stereocenters. The Kier molecular flexibility index (Phi) is 5.65. The van der Waals surface area contributed by atoms with Gasteiger partial charge in [-0.3, -0.25) is 0 Å². The smallest absolute Gasteiger partial charge is 0.124 e. The van der Waals surface area contributed by atoms with Gasteiger partial charge < -0.3 is 29.9 Å². The number of ether oxygens (including phenoxy) is 2. The van der Waals surface area contributed by atoms with Crippen molar-refractivity contribution in [2.75, 3.05) is 7.11 Å². The number of aliphatic hydroxyl groups is 4. The predicted molar refractivity (Wildman–Crippen MR) is 91.5 cm³/mol. The number of aliphatic hydroxyl groups excluding tert-OH is 4. The van der Waals surface area contributed by atoms with Crippen LogP contribution in [0.4, 0.5) is 0 Å². The lowest BCUT2D eigenvalue weighted by Gasteiger charge is -2.40. The van der Waals surface area contributed by atoms with Crippen molar-refractivity contribution in [3.63, 3.8) is 0 Å². The molecular formula is C19H28O6. The van der Waals surface area contributed by atoms with Gasteiger partial charge in [-0.2, -0.15) is 0 Å². The van der Waals surface area contributed by atoms with Crippen LogP contribution in [0.2, 0.25) is 0 Å². The molecule has 0 radical (unpaired) electrons. The van der Waals surface area contributed by atoms with Gasteiger partial charge in [0.25, 0.3) is 0 Å².